The Labute approximate surface area is 175 Å². The number of fused-ring (bicyclic) bond motifs is 1. The van der Waals surface area contributed by atoms with E-state index in [2.05, 4.69) is 5.10 Å². The van der Waals surface area contributed by atoms with Crippen LogP contribution in [0.25, 0.3) is 0 Å². The van der Waals surface area contributed by atoms with Gasteiger partial charge >= 0.3 is 0 Å². The fourth-order valence-corrected chi connectivity index (χ4v) is 4.05. The van der Waals surface area contributed by atoms with E-state index in [4.69, 9.17) is 16.3 Å². The van der Waals surface area contributed by atoms with Gasteiger partial charge in [-0.1, -0.05) is 60.1 Å². The number of carbonyl (C=O) groups excluding carboxylic acids is 1. The number of rotatable bonds is 6. The molecule has 0 saturated heterocycles. The second-order valence-electron chi connectivity index (χ2n) is 7.37. The van der Waals surface area contributed by atoms with Crippen LogP contribution < -0.4 is 4.74 Å². The molecule has 0 fully saturated rings. The number of amides is 1. The minimum Gasteiger partial charge on any atom is -0.491 e. The number of nitrogens with zero attached hydrogens (tertiary/aromatic N) is 3. The molecule has 0 radical (unpaired) electrons. The predicted octanol–water partition coefficient (Wildman–Crippen LogP) is 4.61. The Morgan fingerprint density at radius 1 is 1.07 bits per heavy atom. The third kappa shape index (κ3) is 3.87. The number of carbonyl (C=O) groups is 1. The number of benzene rings is 2. The topological polar surface area (TPSA) is 47.4 Å². The lowest BCUT2D eigenvalue weighted by Gasteiger charge is -2.31. The number of hydrogen-bond donors (Lipinski definition) is 0. The number of aromatic nitrogens is 2. The van der Waals surface area contributed by atoms with Crippen molar-refractivity contribution >= 4 is 17.5 Å². The Morgan fingerprint density at radius 2 is 1.72 bits per heavy atom. The zero-order chi connectivity index (χ0) is 20.4. The third-order valence-electron chi connectivity index (χ3n) is 5.43. The first-order chi connectivity index (χ1) is 14.1. The van der Waals surface area contributed by atoms with E-state index < -0.39 is 0 Å². The maximum absolute atomic E-state index is 13.1. The summed E-state index contributed by atoms with van der Waals surface area (Å²) in [5.41, 5.74) is 2.39. The zero-order valence-electron chi connectivity index (χ0n) is 16.6. The summed E-state index contributed by atoms with van der Waals surface area (Å²) in [7, 11) is 0. The van der Waals surface area contributed by atoms with Crippen molar-refractivity contribution in [1.29, 1.82) is 0 Å². The summed E-state index contributed by atoms with van der Waals surface area (Å²) in [6.45, 7) is 5.07. The molecule has 0 aliphatic carbocycles. The first kappa shape index (κ1) is 19.5. The second-order valence-corrected chi connectivity index (χ2v) is 7.73. The van der Waals surface area contributed by atoms with Crippen LogP contribution >= 0.6 is 11.6 Å². The lowest BCUT2D eigenvalue weighted by atomic mass is 10.1. The van der Waals surface area contributed by atoms with Gasteiger partial charge in [-0.15, -0.1) is 0 Å². The molecular weight excluding hydrogens is 386 g/mol. The second kappa shape index (κ2) is 8.29. The molecule has 2 aromatic carbocycles. The summed E-state index contributed by atoms with van der Waals surface area (Å²) in [5.74, 6) is 0.713. The van der Waals surface area contributed by atoms with Crippen molar-refractivity contribution in [1.82, 2.24) is 14.7 Å². The van der Waals surface area contributed by atoms with Gasteiger partial charge in [-0.25, -0.2) is 4.68 Å². The standard InChI is InChI=1S/C23H24ClN3O2/c1-16(15-29-19-11-7-4-8-12-19)26-14-13-20-21(23(26)28)25-27(22(20)24)17(2)18-9-5-3-6-10-18/h3-12,16-17H,13-15H2,1-2H3. The summed E-state index contributed by atoms with van der Waals surface area (Å²) in [6.07, 6.45) is 0.692. The molecule has 1 aliphatic rings. The van der Waals surface area contributed by atoms with E-state index in [1.54, 1.807) is 4.68 Å². The molecule has 2 heterocycles. The van der Waals surface area contributed by atoms with Crippen LogP contribution in [0.2, 0.25) is 5.15 Å². The predicted molar refractivity (Wildman–Crippen MR) is 114 cm³/mol. The van der Waals surface area contributed by atoms with E-state index in [-0.39, 0.29) is 18.0 Å². The Balaban J connectivity index is 1.51. The molecule has 5 nitrogen and oxygen atoms in total. The van der Waals surface area contributed by atoms with Crippen LogP contribution in [0, 0.1) is 0 Å². The molecule has 0 N–H and O–H groups in total. The maximum atomic E-state index is 13.1. The van der Waals surface area contributed by atoms with Gasteiger partial charge < -0.3 is 9.64 Å². The summed E-state index contributed by atoms with van der Waals surface area (Å²) in [5, 5.41) is 5.16. The molecule has 3 aromatic rings. The number of para-hydroxylation sites is 1. The van der Waals surface area contributed by atoms with Crippen molar-refractivity contribution in [3.63, 3.8) is 0 Å². The van der Waals surface area contributed by atoms with Gasteiger partial charge in [-0.2, -0.15) is 5.10 Å². The molecule has 4 rings (SSSR count). The molecule has 1 amide bonds. The number of hydrogen-bond acceptors (Lipinski definition) is 3. The average Bonchev–Trinajstić information content (AvgIpc) is 3.10. The van der Waals surface area contributed by atoms with Crippen molar-refractivity contribution in [3.8, 4) is 5.75 Å². The van der Waals surface area contributed by atoms with Gasteiger partial charge in [0, 0.05) is 12.1 Å². The monoisotopic (exact) mass is 409 g/mol. The van der Waals surface area contributed by atoms with Gasteiger partial charge in [0.2, 0.25) is 0 Å². The average molecular weight is 410 g/mol. The Hall–Kier alpha value is -2.79. The van der Waals surface area contributed by atoms with E-state index in [1.165, 1.54) is 0 Å². The molecule has 0 saturated carbocycles. The van der Waals surface area contributed by atoms with Gasteiger partial charge in [0.1, 0.15) is 17.5 Å². The summed E-state index contributed by atoms with van der Waals surface area (Å²) in [4.78, 5) is 15.0. The summed E-state index contributed by atoms with van der Waals surface area (Å²) < 4.78 is 7.59. The maximum Gasteiger partial charge on any atom is 0.275 e. The highest BCUT2D eigenvalue weighted by atomic mass is 35.5. The summed E-state index contributed by atoms with van der Waals surface area (Å²) >= 11 is 6.63. The lowest BCUT2D eigenvalue weighted by molar-refractivity contribution is 0.0610. The molecule has 1 aromatic heterocycles. The molecular formula is C23H24ClN3O2. The van der Waals surface area contributed by atoms with Crippen molar-refractivity contribution in [3.05, 3.63) is 82.6 Å². The van der Waals surface area contributed by atoms with E-state index in [1.807, 2.05) is 79.4 Å². The highest BCUT2D eigenvalue weighted by Crippen LogP contribution is 2.31. The van der Waals surface area contributed by atoms with Crippen LogP contribution in [0.1, 0.15) is 41.5 Å². The van der Waals surface area contributed by atoms with Gasteiger partial charge in [0.25, 0.3) is 5.91 Å². The van der Waals surface area contributed by atoms with Crippen molar-refractivity contribution in [2.75, 3.05) is 13.2 Å². The minimum absolute atomic E-state index is 0.0469. The highest BCUT2D eigenvalue weighted by Gasteiger charge is 2.34. The van der Waals surface area contributed by atoms with Gasteiger partial charge in [0.15, 0.2) is 5.69 Å². The molecule has 1 aliphatic heterocycles. The molecule has 0 bridgehead atoms. The van der Waals surface area contributed by atoms with Crippen LogP contribution in [0.4, 0.5) is 0 Å². The van der Waals surface area contributed by atoms with Crippen LogP contribution in [0.5, 0.6) is 5.75 Å². The molecule has 6 heteroatoms. The van der Waals surface area contributed by atoms with Crippen LogP contribution in [0.15, 0.2) is 60.7 Å². The number of halogens is 1. The molecule has 29 heavy (non-hydrogen) atoms. The number of ether oxygens (including phenoxy) is 1. The highest BCUT2D eigenvalue weighted by molar-refractivity contribution is 6.31. The van der Waals surface area contributed by atoms with Crippen LogP contribution in [0.3, 0.4) is 0 Å². The first-order valence-corrected chi connectivity index (χ1v) is 10.2. The van der Waals surface area contributed by atoms with E-state index in [9.17, 15) is 4.79 Å². The normalized spacial score (nSPS) is 15.7. The third-order valence-corrected chi connectivity index (χ3v) is 5.83. The van der Waals surface area contributed by atoms with E-state index in [0.717, 1.165) is 16.9 Å². The Bertz CT molecular complexity index is 988. The van der Waals surface area contributed by atoms with Crippen molar-refractivity contribution < 1.29 is 9.53 Å². The van der Waals surface area contributed by atoms with Gasteiger partial charge in [-0.3, -0.25) is 4.79 Å². The van der Waals surface area contributed by atoms with Crippen molar-refractivity contribution in [2.45, 2.75) is 32.4 Å². The first-order valence-electron chi connectivity index (χ1n) is 9.87. The largest absolute Gasteiger partial charge is 0.491 e. The van der Waals surface area contributed by atoms with Crippen LogP contribution in [-0.4, -0.2) is 39.8 Å². The van der Waals surface area contributed by atoms with Gasteiger partial charge in [0.05, 0.1) is 12.1 Å². The Morgan fingerprint density at radius 3 is 2.41 bits per heavy atom. The quantitative estimate of drug-likeness (QED) is 0.597. The lowest BCUT2D eigenvalue weighted by Crippen LogP contribution is -2.45. The molecule has 0 spiro atoms. The van der Waals surface area contributed by atoms with E-state index >= 15 is 0 Å². The molecule has 2 atom stereocenters. The minimum atomic E-state index is -0.0867. The van der Waals surface area contributed by atoms with Crippen LogP contribution in [-0.2, 0) is 6.42 Å². The smallest absolute Gasteiger partial charge is 0.275 e. The molecule has 150 valence electrons. The molecule has 2 unspecified atom stereocenters. The van der Waals surface area contributed by atoms with E-state index in [0.29, 0.717) is 30.4 Å². The zero-order valence-corrected chi connectivity index (χ0v) is 17.3. The fraction of sp³-hybridized carbons (Fsp3) is 0.304. The SMILES string of the molecule is CC(COc1ccccc1)N1CCc2c(nn(C(C)c3ccccc3)c2Cl)C1=O. The van der Waals surface area contributed by atoms with Crippen molar-refractivity contribution in [2.24, 2.45) is 0 Å². The Kier molecular flexibility index (Phi) is 5.58. The van der Waals surface area contributed by atoms with Gasteiger partial charge in [-0.05, 0) is 38.0 Å². The summed E-state index contributed by atoms with van der Waals surface area (Å²) in [6, 6.07) is 19.6. The fourth-order valence-electron chi connectivity index (χ4n) is 3.68.